The molecule has 0 bridgehead atoms. The average Bonchev–Trinajstić information content (AvgIpc) is 2.86. The number of hydrogen-bond donors (Lipinski definition) is 0. The summed E-state index contributed by atoms with van der Waals surface area (Å²) in [6.07, 6.45) is -40.9. The monoisotopic (exact) mass is 786 g/mol. The predicted octanol–water partition coefficient (Wildman–Crippen LogP) is 7.21. The van der Waals surface area contributed by atoms with Crippen LogP contribution in [-0.4, -0.2) is 113 Å². The van der Waals surface area contributed by atoms with E-state index in [1.807, 2.05) is 0 Å². The van der Waals surface area contributed by atoms with Gasteiger partial charge >= 0.3 is 66.4 Å². The minimum absolute atomic E-state index is 0.395. The van der Waals surface area contributed by atoms with E-state index in [4.69, 9.17) is 0 Å². The summed E-state index contributed by atoms with van der Waals surface area (Å²) in [6, 6.07) is 0. The highest BCUT2D eigenvalue weighted by Gasteiger charge is 2.79. The van der Waals surface area contributed by atoms with Crippen molar-refractivity contribution in [3.05, 3.63) is 12.2 Å². The normalized spacial score (nSPS) is 17.3. The highest BCUT2D eigenvalue weighted by Crippen LogP contribution is 2.52. The van der Waals surface area contributed by atoms with Gasteiger partial charge in [-0.1, -0.05) is 6.08 Å². The van der Waals surface area contributed by atoms with Gasteiger partial charge < -0.3 is 18.9 Å². The molecule has 0 aliphatic rings. The molecule has 29 heteroatoms. The Labute approximate surface area is 255 Å². The Morgan fingerprint density at radius 2 is 0.776 bits per heavy atom. The maximum absolute atomic E-state index is 13.9. The molecule has 2 unspecified atom stereocenters. The van der Waals surface area contributed by atoms with E-state index in [-0.39, 0.29) is 0 Å². The van der Waals surface area contributed by atoms with Gasteiger partial charge in [-0.25, -0.2) is 4.79 Å². The molecule has 0 radical (unpaired) electrons. The lowest BCUT2D eigenvalue weighted by Crippen LogP contribution is -2.60. The van der Waals surface area contributed by atoms with Gasteiger partial charge in [-0.05, 0) is 0 Å². The number of esters is 1. The van der Waals surface area contributed by atoms with Crippen molar-refractivity contribution in [2.24, 2.45) is 0 Å². The van der Waals surface area contributed by atoms with Crippen LogP contribution in [0.3, 0.4) is 0 Å². The maximum atomic E-state index is 13.9. The minimum Gasteiger partial charge on any atom is -0.460 e. The molecule has 0 heterocycles. The van der Waals surface area contributed by atoms with Crippen LogP contribution in [-0.2, 0) is 33.2 Å². The van der Waals surface area contributed by atoms with E-state index in [0.29, 0.717) is 12.2 Å². The first-order valence-electron chi connectivity index (χ1n) is 11.6. The molecule has 0 aromatic rings. The van der Waals surface area contributed by atoms with Crippen LogP contribution in [0.5, 0.6) is 0 Å². The lowest BCUT2D eigenvalue weighted by atomic mass is 10.2. The van der Waals surface area contributed by atoms with Crippen molar-refractivity contribution in [1.82, 2.24) is 0 Å². The first-order valence-corrected chi connectivity index (χ1v) is 11.6. The molecule has 0 saturated heterocycles. The van der Waals surface area contributed by atoms with Crippen molar-refractivity contribution < 1.29 is 130 Å². The van der Waals surface area contributed by atoms with Gasteiger partial charge in [0.1, 0.15) is 19.8 Å². The molecule has 0 rings (SSSR count). The molecule has 49 heavy (non-hydrogen) atoms. The summed E-state index contributed by atoms with van der Waals surface area (Å²) in [4.78, 5) is 11.4. The summed E-state index contributed by atoms with van der Waals surface area (Å²) < 4.78 is 301. The average molecular weight is 786 g/mol. The summed E-state index contributed by atoms with van der Waals surface area (Å²) in [7, 11) is 0. The Balaban J connectivity index is 4.79. The standard InChI is InChI=1S/C20H16F22O7/c21-11(15(27,28)29,48-19(39,40)13(23,24)17(33,34)35)8-45-5-4-44-3-1-2-10(43)47-7-6-46-9-12(22,16(30,31)32)49-20(41,42)14(25,26)18(36,37)38/h1-2H,3-9H2. The Hall–Kier alpha value is -2.53. The lowest BCUT2D eigenvalue weighted by molar-refractivity contribution is -0.486. The second-order valence-corrected chi connectivity index (χ2v) is 8.58. The van der Waals surface area contributed by atoms with Crippen molar-refractivity contribution in [3.63, 3.8) is 0 Å². The Morgan fingerprint density at radius 1 is 0.449 bits per heavy atom. The summed E-state index contributed by atoms with van der Waals surface area (Å²) in [6.45, 7) is -11.0. The third-order valence-electron chi connectivity index (χ3n) is 4.76. The van der Waals surface area contributed by atoms with E-state index in [0.717, 1.165) is 0 Å². The van der Waals surface area contributed by atoms with E-state index in [2.05, 4.69) is 28.4 Å². The van der Waals surface area contributed by atoms with E-state index >= 15 is 0 Å². The molecule has 0 N–H and O–H groups in total. The van der Waals surface area contributed by atoms with Gasteiger partial charge in [0.2, 0.25) is 0 Å². The Bertz CT molecular complexity index is 1080. The van der Waals surface area contributed by atoms with Crippen LogP contribution in [0.15, 0.2) is 12.2 Å². The highest BCUT2D eigenvalue weighted by atomic mass is 19.4. The molecule has 0 aromatic heterocycles. The second kappa shape index (κ2) is 15.8. The predicted molar refractivity (Wildman–Crippen MR) is 106 cm³/mol. The molecule has 292 valence electrons. The zero-order valence-electron chi connectivity index (χ0n) is 22.8. The third-order valence-corrected chi connectivity index (χ3v) is 4.76. The number of alkyl halides is 22. The number of carbonyl (C=O) groups is 1. The van der Waals surface area contributed by atoms with Crippen LogP contribution in [0.25, 0.3) is 0 Å². The lowest BCUT2D eigenvalue weighted by Gasteiger charge is -2.34. The summed E-state index contributed by atoms with van der Waals surface area (Å²) >= 11 is 0. The van der Waals surface area contributed by atoms with Crippen molar-refractivity contribution in [3.8, 4) is 0 Å². The first-order chi connectivity index (χ1) is 21.5. The molecule has 0 fully saturated rings. The van der Waals surface area contributed by atoms with Crippen molar-refractivity contribution in [2.45, 2.75) is 60.5 Å². The molecule has 0 aromatic carbocycles. The molecule has 0 spiro atoms. The largest absolute Gasteiger partial charge is 0.462 e. The smallest absolute Gasteiger partial charge is 0.460 e. The summed E-state index contributed by atoms with van der Waals surface area (Å²) in [5.41, 5.74) is 0. The fourth-order valence-electron chi connectivity index (χ4n) is 2.27. The van der Waals surface area contributed by atoms with E-state index in [1.165, 1.54) is 0 Å². The number of rotatable bonds is 19. The molecule has 0 aliphatic heterocycles. The van der Waals surface area contributed by atoms with E-state index in [9.17, 15) is 101 Å². The van der Waals surface area contributed by atoms with Gasteiger partial charge in [-0.2, -0.15) is 96.6 Å². The SMILES string of the molecule is O=C(C=CCOCCOCC(F)(OC(F)(F)C(F)(F)C(F)(F)F)C(F)(F)F)OCCOCC(F)(OC(F)(F)C(F)(F)C(F)(F)F)C(F)(F)F. The third kappa shape index (κ3) is 12.0. The van der Waals surface area contributed by atoms with Crippen LogP contribution >= 0.6 is 0 Å². The van der Waals surface area contributed by atoms with Crippen LogP contribution in [0.1, 0.15) is 0 Å². The molecule has 2 atom stereocenters. The topological polar surface area (TPSA) is 72.5 Å². The zero-order valence-corrected chi connectivity index (χ0v) is 22.8. The van der Waals surface area contributed by atoms with Crippen molar-refractivity contribution >= 4 is 5.97 Å². The van der Waals surface area contributed by atoms with Crippen molar-refractivity contribution in [1.29, 1.82) is 0 Å². The van der Waals surface area contributed by atoms with Crippen LogP contribution in [0, 0.1) is 0 Å². The number of halogens is 22. The van der Waals surface area contributed by atoms with Crippen LogP contribution < -0.4 is 0 Å². The summed E-state index contributed by atoms with van der Waals surface area (Å²) in [5.74, 6) is -28.0. The summed E-state index contributed by atoms with van der Waals surface area (Å²) in [5, 5.41) is 0. The highest BCUT2D eigenvalue weighted by molar-refractivity contribution is 5.81. The molecular formula is C20H16F22O7. The van der Waals surface area contributed by atoms with Gasteiger partial charge in [0.25, 0.3) is 0 Å². The molecule has 7 nitrogen and oxygen atoms in total. The number of ether oxygens (including phenoxy) is 6. The fourth-order valence-corrected chi connectivity index (χ4v) is 2.27. The first kappa shape index (κ1) is 46.5. The van der Waals surface area contributed by atoms with E-state index < -0.39 is 113 Å². The van der Waals surface area contributed by atoms with Crippen LogP contribution in [0.4, 0.5) is 96.6 Å². The maximum Gasteiger partial charge on any atom is 0.462 e. The van der Waals surface area contributed by atoms with Gasteiger partial charge in [0, 0.05) is 6.08 Å². The van der Waals surface area contributed by atoms with Gasteiger partial charge in [0.15, 0.2) is 0 Å². The number of hydrogen-bond acceptors (Lipinski definition) is 7. The minimum atomic E-state index is -7.31. The van der Waals surface area contributed by atoms with E-state index in [1.54, 1.807) is 0 Å². The second-order valence-electron chi connectivity index (χ2n) is 8.58. The Kier molecular flexibility index (Phi) is 15.0. The molecular weight excluding hydrogens is 770 g/mol. The molecule has 0 aliphatic carbocycles. The number of carbonyl (C=O) groups excluding carboxylic acids is 1. The van der Waals surface area contributed by atoms with Crippen LogP contribution in [0.2, 0.25) is 0 Å². The molecule has 0 saturated carbocycles. The van der Waals surface area contributed by atoms with Gasteiger partial charge in [-0.3, -0.25) is 9.47 Å². The Morgan fingerprint density at radius 3 is 1.10 bits per heavy atom. The van der Waals surface area contributed by atoms with Gasteiger partial charge in [-0.15, -0.1) is 0 Å². The van der Waals surface area contributed by atoms with Crippen molar-refractivity contribution in [2.75, 3.05) is 46.2 Å². The quantitative estimate of drug-likeness (QED) is 0.0594. The molecule has 0 amide bonds. The zero-order chi connectivity index (χ0) is 39.2. The fraction of sp³-hybridized carbons (Fsp3) is 0.850. The van der Waals surface area contributed by atoms with Gasteiger partial charge in [0.05, 0.1) is 26.4 Å².